The monoisotopic (exact) mass is 231 g/mol. The van der Waals surface area contributed by atoms with Crippen LogP contribution < -0.4 is 5.73 Å². The van der Waals surface area contributed by atoms with Gasteiger partial charge in [-0.05, 0) is 24.5 Å². The third-order valence-corrected chi connectivity index (χ3v) is 3.55. The Hall–Kier alpha value is -1.55. The second-order valence-corrected chi connectivity index (χ2v) is 4.81. The number of benzene rings is 1. The topological polar surface area (TPSA) is 63.9 Å². The molecule has 2 aromatic rings. The third kappa shape index (κ3) is 1.78. The van der Waals surface area contributed by atoms with E-state index in [0.29, 0.717) is 11.8 Å². The minimum absolute atomic E-state index is 0.454. The maximum Gasteiger partial charge on any atom is 0.111 e. The second kappa shape index (κ2) is 4.04. The van der Waals surface area contributed by atoms with E-state index in [9.17, 15) is 0 Å². The van der Waals surface area contributed by atoms with Gasteiger partial charge >= 0.3 is 0 Å². The molecule has 4 heteroatoms. The number of ether oxygens (including phenoxy) is 1. The average Bonchev–Trinajstić information content (AvgIpc) is 2.75. The fourth-order valence-corrected chi connectivity index (χ4v) is 2.54. The summed E-state index contributed by atoms with van der Waals surface area (Å²) >= 11 is 0. The molecule has 2 atom stereocenters. The van der Waals surface area contributed by atoms with Gasteiger partial charge < -0.3 is 15.5 Å². The Kier molecular flexibility index (Phi) is 2.52. The number of nitrogens with zero attached hydrogens (tertiary/aromatic N) is 1. The van der Waals surface area contributed by atoms with E-state index in [2.05, 4.69) is 16.9 Å². The lowest BCUT2D eigenvalue weighted by atomic mass is 9.89. The third-order valence-electron chi connectivity index (χ3n) is 3.55. The van der Waals surface area contributed by atoms with E-state index in [4.69, 9.17) is 10.5 Å². The van der Waals surface area contributed by atoms with Crippen LogP contribution in [0.4, 0.5) is 5.69 Å². The number of nitrogens with two attached hydrogens (primary N) is 1. The number of hydrogen-bond donors (Lipinski definition) is 2. The van der Waals surface area contributed by atoms with E-state index < -0.39 is 0 Å². The van der Waals surface area contributed by atoms with Crippen molar-refractivity contribution in [2.75, 3.05) is 18.9 Å². The van der Waals surface area contributed by atoms with Gasteiger partial charge in [-0.1, -0.05) is 13.0 Å². The van der Waals surface area contributed by atoms with Gasteiger partial charge in [0, 0.05) is 19.1 Å². The predicted octanol–water partition coefficient (Wildman–Crippen LogP) is 2.29. The quantitative estimate of drug-likeness (QED) is 0.740. The first-order valence-corrected chi connectivity index (χ1v) is 6.07. The largest absolute Gasteiger partial charge is 0.397 e. The molecule has 1 aromatic heterocycles. The van der Waals surface area contributed by atoms with E-state index in [1.807, 2.05) is 18.2 Å². The Bertz CT molecular complexity index is 534. The summed E-state index contributed by atoms with van der Waals surface area (Å²) in [6.45, 7) is 3.85. The molecule has 0 amide bonds. The number of hydrogen-bond acceptors (Lipinski definition) is 3. The predicted molar refractivity (Wildman–Crippen MR) is 67.8 cm³/mol. The lowest BCUT2D eigenvalue weighted by Gasteiger charge is -2.27. The van der Waals surface area contributed by atoms with E-state index >= 15 is 0 Å². The zero-order chi connectivity index (χ0) is 11.8. The fourth-order valence-electron chi connectivity index (χ4n) is 2.54. The molecule has 3 rings (SSSR count). The van der Waals surface area contributed by atoms with Gasteiger partial charge in [0.25, 0.3) is 0 Å². The van der Waals surface area contributed by atoms with Crippen LogP contribution in [0.3, 0.4) is 0 Å². The van der Waals surface area contributed by atoms with Crippen LogP contribution in [0.15, 0.2) is 18.2 Å². The number of aromatic nitrogens is 2. The number of fused-ring (bicyclic) bond motifs is 1. The van der Waals surface area contributed by atoms with E-state index in [1.54, 1.807) is 0 Å². The van der Waals surface area contributed by atoms with Crippen molar-refractivity contribution in [3.63, 3.8) is 0 Å². The number of aromatic amines is 1. The standard InChI is InChI=1S/C13H17N3O/c1-8-7-17-6-5-9(8)13-15-11-4-2-3-10(14)12(11)16-13/h2-4,8-9H,5-7,14H2,1H3,(H,15,16). The van der Waals surface area contributed by atoms with Crippen molar-refractivity contribution in [3.05, 3.63) is 24.0 Å². The molecule has 17 heavy (non-hydrogen) atoms. The van der Waals surface area contributed by atoms with Gasteiger partial charge in [0.05, 0.1) is 11.2 Å². The Balaban J connectivity index is 2.02. The average molecular weight is 231 g/mol. The molecular formula is C13H17N3O. The van der Waals surface area contributed by atoms with Crippen molar-refractivity contribution in [2.24, 2.45) is 5.92 Å². The van der Waals surface area contributed by atoms with Crippen molar-refractivity contribution >= 4 is 16.7 Å². The first kappa shape index (κ1) is 10.6. The number of imidazole rings is 1. The molecule has 1 saturated heterocycles. The summed E-state index contributed by atoms with van der Waals surface area (Å²) in [5, 5.41) is 0. The number of H-pyrrole nitrogens is 1. The van der Waals surface area contributed by atoms with Crippen molar-refractivity contribution in [1.82, 2.24) is 9.97 Å². The van der Waals surface area contributed by atoms with Crippen LogP contribution in [0, 0.1) is 5.92 Å². The summed E-state index contributed by atoms with van der Waals surface area (Å²) in [6.07, 6.45) is 1.03. The molecule has 0 aliphatic carbocycles. The van der Waals surface area contributed by atoms with E-state index in [1.165, 1.54) is 0 Å². The van der Waals surface area contributed by atoms with Gasteiger partial charge in [-0.2, -0.15) is 0 Å². The van der Waals surface area contributed by atoms with Gasteiger partial charge in [0.15, 0.2) is 0 Å². The normalized spacial score (nSPS) is 25.2. The highest BCUT2D eigenvalue weighted by molar-refractivity contribution is 5.86. The van der Waals surface area contributed by atoms with Crippen LogP contribution in [0.2, 0.25) is 0 Å². The highest BCUT2D eigenvalue weighted by Gasteiger charge is 2.26. The van der Waals surface area contributed by atoms with Gasteiger partial charge in [-0.25, -0.2) is 4.98 Å². The van der Waals surface area contributed by atoms with Gasteiger partial charge in [0.2, 0.25) is 0 Å². The Morgan fingerprint density at radius 2 is 2.35 bits per heavy atom. The summed E-state index contributed by atoms with van der Waals surface area (Å²) < 4.78 is 5.46. The van der Waals surface area contributed by atoms with Crippen LogP contribution in [0.25, 0.3) is 11.0 Å². The highest BCUT2D eigenvalue weighted by atomic mass is 16.5. The number of rotatable bonds is 1. The van der Waals surface area contributed by atoms with Crippen molar-refractivity contribution in [3.8, 4) is 0 Å². The SMILES string of the molecule is CC1COCCC1c1nc2c(N)cccc2[nH]1. The molecule has 1 aliphatic rings. The van der Waals surface area contributed by atoms with Crippen LogP contribution in [0.1, 0.15) is 25.1 Å². The lowest BCUT2D eigenvalue weighted by molar-refractivity contribution is 0.0455. The summed E-state index contributed by atoms with van der Waals surface area (Å²) in [5.41, 5.74) is 8.58. The lowest BCUT2D eigenvalue weighted by Crippen LogP contribution is -2.24. The maximum absolute atomic E-state index is 5.93. The Labute approximate surface area is 100 Å². The Morgan fingerprint density at radius 1 is 1.47 bits per heavy atom. The molecule has 0 saturated carbocycles. The smallest absolute Gasteiger partial charge is 0.111 e. The van der Waals surface area contributed by atoms with Crippen LogP contribution in [-0.4, -0.2) is 23.2 Å². The van der Waals surface area contributed by atoms with Crippen LogP contribution >= 0.6 is 0 Å². The minimum atomic E-state index is 0.454. The van der Waals surface area contributed by atoms with Crippen molar-refractivity contribution in [2.45, 2.75) is 19.3 Å². The zero-order valence-corrected chi connectivity index (χ0v) is 9.94. The Morgan fingerprint density at radius 3 is 3.12 bits per heavy atom. The molecule has 0 spiro atoms. The molecule has 1 fully saturated rings. The van der Waals surface area contributed by atoms with E-state index in [-0.39, 0.29) is 0 Å². The molecule has 2 heterocycles. The summed E-state index contributed by atoms with van der Waals surface area (Å²) in [6, 6.07) is 5.86. The minimum Gasteiger partial charge on any atom is -0.397 e. The molecular weight excluding hydrogens is 214 g/mol. The fraction of sp³-hybridized carbons (Fsp3) is 0.462. The van der Waals surface area contributed by atoms with Crippen molar-refractivity contribution < 1.29 is 4.74 Å². The van der Waals surface area contributed by atoms with E-state index in [0.717, 1.165) is 42.2 Å². The molecule has 3 N–H and O–H groups in total. The van der Waals surface area contributed by atoms with Gasteiger partial charge in [0.1, 0.15) is 11.3 Å². The van der Waals surface area contributed by atoms with Gasteiger partial charge in [-0.15, -0.1) is 0 Å². The summed E-state index contributed by atoms with van der Waals surface area (Å²) in [5.74, 6) is 2.01. The number of nitrogen functional groups attached to an aromatic ring is 1. The number of para-hydroxylation sites is 1. The molecule has 1 aliphatic heterocycles. The molecule has 90 valence electrons. The first-order chi connectivity index (χ1) is 8.25. The van der Waals surface area contributed by atoms with Crippen LogP contribution in [0.5, 0.6) is 0 Å². The molecule has 4 nitrogen and oxygen atoms in total. The highest BCUT2D eigenvalue weighted by Crippen LogP contribution is 2.31. The zero-order valence-electron chi connectivity index (χ0n) is 9.94. The van der Waals surface area contributed by atoms with Crippen LogP contribution in [-0.2, 0) is 4.74 Å². The number of nitrogens with one attached hydrogen (secondary N) is 1. The molecule has 2 unspecified atom stereocenters. The maximum atomic E-state index is 5.93. The van der Waals surface area contributed by atoms with Crippen molar-refractivity contribution in [1.29, 1.82) is 0 Å². The molecule has 1 aromatic carbocycles. The van der Waals surface area contributed by atoms with Gasteiger partial charge in [-0.3, -0.25) is 0 Å². The molecule has 0 bridgehead atoms. The summed E-state index contributed by atoms with van der Waals surface area (Å²) in [7, 11) is 0. The molecule has 0 radical (unpaired) electrons. The first-order valence-electron chi connectivity index (χ1n) is 6.07. The second-order valence-electron chi connectivity index (χ2n) is 4.81. The number of anilines is 1. The summed E-state index contributed by atoms with van der Waals surface area (Å²) in [4.78, 5) is 8.04.